The van der Waals surface area contributed by atoms with Gasteiger partial charge in [0.2, 0.25) is 0 Å². The van der Waals surface area contributed by atoms with Crippen LogP contribution >= 0.6 is 0 Å². The summed E-state index contributed by atoms with van der Waals surface area (Å²) in [5.74, 6) is 0. The second kappa shape index (κ2) is 4.79. The van der Waals surface area contributed by atoms with Crippen LogP contribution in [-0.2, 0) is 6.54 Å². The zero-order chi connectivity index (χ0) is 12.2. The highest BCUT2D eigenvalue weighted by Crippen LogP contribution is 2.20. The molecular weight excluding hydrogens is 224 g/mol. The maximum Gasteiger partial charge on any atom is 0.0950 e. The molecule has 0 amide bonds. The van der Waals surface area contributed by atoms with Gasteiger partial charge in [-0.2, -0.15) is 10.2 Å². The number of aromatic nitrogens is 3. The van der Waals surface area contributed by atoms with Crippen LogP contribution in [0.5, 0.6) is 0 Å². The monoisotopic (exact) mass is 236 g/mol. The van der Waals surface area contributed by atoms with Crippen LogP contribution in [0, 0.1) is 0 Å². The Morgan fingerprint density at radius 2 is 1.83 bits per heavy atom. The van der Waals surface area contributed by atoms with Gasteiger partial charge in [0.25, 0.3) is 0 Å². The van der Waals surface area contributed by atoms with Crippen molar-refractivity contribution in [2.24, 2.45) is 0 Å². The largest absolute Gasteiger partial charge is 0.379 e. The molecule has 1 N–H and O–H groups in total. The van der Waals surface area contributed by atoms with Crippen molar-refractivity contribution in [1.82, 2.24) is 15.2 Å². The Hall–Kier alpha value is -2.49. The van der Waals surface area contributed by atoms with Crippen molar-refractivity contribution in [3.63, 3.8) is 0 Å². The second-order valence-corrected chi connectivity index (χ2v) is 3.98. The second-order valence-electron chi connectivity index (χ2n) is 3.98. The molecule has 0 aliphatic carbocycles. The van der Waals surface area contributed by atoms with Crippen molar-refractivity contribution in [2.45, 2.75) is 6.54 Å². The van der Waals surface area contributed by atoms with Gasteiger partial charge < -0.3 is 5.32 Å². The van der Waals surface area contributed by atoms with Gasteiger partial charge in [-0.05, 0) is 23.8 Å². The van der Waals surface area contributed by atoms with Crippen molar-refractivity contribution < 1.29 is 0 Å². The number of anilines is 1. The van der Waals surface area contributed by atoms with Gasteiger partial charge >= 0.3 is 0 Å². The lowest BCUT2D eigenvalue weighted by atomic mass is 10.2. The smallest absolute Gasteiger partial charge is 0.0950 e. The van der Waals surface area contributed by atoms with Crippen molar-refractivity contribution in [3.05, 3.63) is 60.6 Å². The van der Waals surface area contributed by atoms with Crippen LogP contribution in [0.15, 0.2) is 55.0 Å². The number of benzene rings is 1. The first kappa shape index (κ1) is 10.7. The van der Waals surface area contributed by atoms with Crippen LogP contribution in [0.2, 0.25) is 0 Å². The molecule has 0 fully saturated rings. The Bertz CT molecular complexity index is 647. The van der Waals surface area contributed by atoms with E-state index in [0.29, 0.717) is 0 Å². The maximum absolute atomic E-state index is 4.10. The Morgan fingerprint density at radius 3 is 2.72 bits per heavy atom. The molecule has 2 heterocycles. The molecule has 18 heavy (non-hydrogen) atoms. The first-order chi connectivity index (χ1) is 8.93. The average Bonchev–Trinajstić information content (AvgIpc) is 2.46. The minimum atomic E-state index is 0.748. The molecule has 4 heteroatoms. The summed E-state index contributed by atoms with van der Waals surface area (Å²) in [5, 5.41) is 12.6. The van der Waals surface area contributed by atoms with Gasteiger partial charge in [0.05, 0.1) is 17.4 Å². The molecule has 4 nitrogen and oxygen atoms in total. The molecule has 1 aromatic carbocycles. The molecule has 3 rings (SSSR count). The minimum absolute atomic E-state index is 0.748. The lowest BCUT2D eigenvalue weighted by Gasteiger charge is -2.08. The van der Waals surface area contributed by atoms with Crippen LogP contribution in [0.3, 0.4) is 0 Å². The summed E-state index contributed by atoms with van der Waals surface area (Å²) < 4.78 is 0. The van der Waals surface area contributed by atoms with Crippen LogP contribution in [0.1, 0.15) is 5.56 Å². The van der Waals surface area contributed by atoms with Gasteiger partial charge in [-0.1, -0.05) is 18.2 Å². The van der Waals surface area contributed by atoms with E-state index < -0.39 is 0 Å². The molecule has 0 saturated carbocycles. The summed E-state index contributed by atoms with van der Waals surface area (Å²) in [6.07, 6.45) is 5.34. The number of rotatable bonds is 3. The zero-order valence-corrected chi connectivity index (χ0v) is 9.74. The third-order valence-corrected chi connectivity index (χ3v) is 2.78. The van der Waals surface area contributed by atoms with E-state index in [1.165, 1.54) is 5.56 Å². The highest BCUT2D eigenvalue weighted by Gasteiger charge is 2.01. The van der Waals surface area contributed by atoms with E-state index in [0.717, 1.165) is 23.1 Å². The van der Waals surface area contributed by atoms with Gasteiger partial charge in [-0.3, -0.25) is 4.98 Å². The summed E-state index contributed by atoms with van der Waals surface area (Å²) in [7, 11) is 0. The van der Waals surface area contributed by atoms with Crippen molar-refractivity contribution >= 4 is 16.6 Å². The molecule has 88 valence electrons. The molecule has 0 aliphatic rings. The topological polar surface area (TPSA) is 50.7 Å². The van der Waals surface area contributed by atoms with Gasteiger partial charge in [0.1, 0.15) is 0 Å². The predicted molar refractivity (Wildman–Crippen MR) is 71.1 cm³/mol. The first-order valence-corrected chi connectivity index (χ1v) is 5.77. The quantitative estimate of drug-likeness (QED) is 0.759. The first-order valence-electron chi connectivity index (χ1n) is 5.77. The molecular formula is C14H12N4. The number of fused-ring (bicyclic) bond motifs is 1. The van der Waals surface area contributed by atoms with E-state index >= 15 is 0 Å². The van der Waals surface area contributed by atoms with Gasteiger partial charge in [0.15, 0.2) is 0 Å². The fourth-order valence-electron chi connectivity index (χ4n) is 1.85. The summed E-state index contributed by atoms with van der Waals surface area (Å²) in [6, 6.07) is 11.9. The Morgan fingerprint density at radius 1 is 1.00 bits per heavy atom. The van der Waals surface area contributed by atoms with Crippen LogP contribution in [0.25, 0.3) is 10.9 Å². The maximum atomic E-state index is 4.10. The van der Waals surface area contributed by atoms with Crippen molar-refractivity contribution in [1.29, 1.82) is 0 Å². The Balaban J connectivity index is 1.87. The highest BCUT2D eigenvalue weighted by atomic mass is 15.1. The third-order valence-electron chi connectivity index (χ3n) is 2.78. The van der Waals surface area contributed by atoms with E-state index in [4.69, 9.17) is 0 Å². The number of pyridine rings is 1. The molecule has 0 unspecified atom stereocenters. The fourth-order valence-corrected chi connectivity index (χ4v) is 1.85. The summed E-state index contributed by atoms with van der Waals surface area (Å²) in [4.78, 5) is 4.00. The summed E-state index contributed by atoms with van der Waals surface area (Å²) in [6.45, 7) is 0.748. The van der Waals surface area contributed by atoms with Gasteiger partial charge in [0, 0.05) is 24.3 Å². The molecule has 2 aromatic heterocycles. The number of nitrogens with one attached hydrogen (secondary N) is 1. The SMILES string of the molecule is c1ccc2c(NCc3ccncc3)cnnc2c1. The standard InChI is InChI=1S/C14H12N4/c1-2-4-13-12(3-1)14(10-17-18-13)16-9-11-5-7-15-8-6-11/h1-8,10H,9H2,(H,16,18). The van der Waals surface area contributed by atoms with E-state index in [9.17, 15) is 0 Å². The van der Waals surface area contributed by atoms with Crippen molar-refractivity contribution in [2.75, 3.05) is 5.32 Å². The highest BCUT2D eigenvalue weighted by molar-refractivity contribution is 5.90. The number of nitrogens with zero attached hydrogens (tertiary/aromatic N) is 3. The molecule has 0 aliphatic heterocycles. The van der Waals surface area contributed by atoms with Crippen LogP contribution in [0.4, 0.5) is 5.69 Å². The minimum Gasteiger partial charge on any atom is -0.379 e. The third kappa shape index (κ3) is 2.13. The lowest BCUT2D eigenvalue weighted by molar-refractivity contribution is 1.06. The summed E-state index contributed by atoms with van der Waals surface area (Å²) in [5.41, 5.74) is 3.08. The van der Waals surface area contributed by atoms with E-state index in [2.05, 4.69) is 20.5 Å². The number of hydrogen-bond acceptors (Lipinski definition) is 4. The summed E-state index contributed by atoms with van der Waals surface area (Å²) >= 11 is 0. The molecule has 0 spiro atoms. The normalized spacial score (nSPS) is 10.4. The molecule has 3 aromatic rings. The molecule has 0 saturated heterocycles. The lowest BCUT2D eigenvalue weighted by Crippen LogP contribution is -2.01. The zero-order valence-electron chi connectivity index (χ0n) is 9.74. The van der Waals surface area contributed by atoms with E-state index in [1.807, 2.05) is 36.4 Å². The van der Waals surface area contributed by atoms with Gasteiger partial charge in [-0.15, -0.1) is 0 Å². The molecule has 0 bridgehead atoms. The Labute approximate surface area is 105 Å². The molecule has 0 atom stereocenters. The number of hydrogen-bond donors (Lipinski definition) is 1. The van der Waals surface area contributed by atoms with E-state index in [1.54, 1.807) is 18.6 Å². The fraction of sp³-hybridized carbons (Fsp3) is 0.0714. The average molecular weight is 236 g/mol. The Kier molecular flexibility index (Phi) is 2.84. The van der Waals surface area contributed by atoms with Crippen LogP contribution < -0.4 is 5.32 Å². The van der Waals surface area contributed by atoms with Gasteiger partial charge in [-0.25, -0.2) is 0 Å². The van der Waals surface area contributed by atoms with Crippen molar-refractivity contribution in [3.8, 4) is 0 Å². The predicted octanol–water partition coefficient (Wildman–Crippen LogP) is 2.64. The van der Waals surface area contributed by atoms with Crippen LogP contribution in [-0.4, -0.2) is 15.2 Å². The van der Waals surface area contributed by atoms with E-state index in [-0.39, 0.29) is 0 Å². The molecule has 0 radical (unpaired) electrons.